The van der Waals surface area contributed by atoms with Crippen molar-refractivity contribution in [3.63, 3.8) is 0 Å². The molecule has 1 saturated carbocycles. The molecule has 0 bridgehead atoms. The summed E-state index contributed by atoms with van der Waals surface area (Å²) in [4.78, 5) is 48.3. The molecule has 220 valence electrons. The molecule has 2 aromatic carbocycles. The number of carbonyl (C=O) groups is 3. The second kappa shape index (κ2) is 10.5. The Morgan fingerprint density at radius 3 is 2.58 bits per heavy atom. The number of aromatic nitrogens is 1. The van der Waals surface area contributed by atoms with Gasteiger partial charge in [0.05, 0.1) is 17.3 Å². The lowest BCUT2D eigenvalue weighted by Gasteiger charge is -2.45. The number of halogens is 4. The molecule has 12 heteroatoms. The number of nitriles is 1. The first-order valence-electron chi connectivity index (χ1n) is 13.8. The fraction of sp³-hybridized carbons (Fsp3) is 0.323. The summed E-state index contributed by atoms with van der Waals surface area (Å²) in [6, 6.07) is 12.5. The number of pyridine rings is 1. The van der Waals surface area contributed by atoms with Gasteiger partial charge in [0.25, 0.3) is 17.7 Å². The molecule has 43 heavy (non-hydrogen) atoms. The van der Waals surface area contributed by atoms with Gasteiger partial charge >= 0.3 is 0 Å². The number of hydrogen-bond acceptors (Lipinski definition) is 5. The van der Waals surface area contributed by atoms with Crippen LogP contribution < -0.4 is 15.1 Å². The van der Waals surface area contributed by atoms with Gasteiger partial charge in [-0.25, -0.2) is 22.5 Å². The Balaban J connectivity index is 1.52. The monoisotopic (exact) mass is 591 g/mol. The number of benzene rings is 2. The predicted octanol–water partition coefficient (Wildman–Crippen LogP) is 4.52. The third-order valence-corrected chi connectivity index (χ3v) is 8.41. The minimum absolute atomic E-state index is 0.0154. The van der Waals surface area contributed by atoms with E-state index in [2.05, 4.69) is 10.3 Å². The lowest BCUT2D eigenvalue weighted by molar-refractivity contribution is -0.137. The number of alkyl halides is 2. The molecule has 2 heterocycles. The molecule has 1 saturated heterocycles. The van der Waals surface area contributed by atoms with E-state index in [9.17, 15) is 32.8 Å². The van der Waals surface area contributed by atoms with E-state index in [4.69, 9.17) is 0 Å². The maximum Gasteiger partial charge on any atom is 0.252 e. The van der Waals surface area contributed by atoms with Crippen molar-refractivity contribution in [1.82, 2.24) is 10.3 Å². The third-order valence-electron chi connectivity index (χ3n) is 8.41. The van der Waals surface area contributed by atoms with Gasteiger partial charge < -0.3 is 5.32 Å². The second-order valence-electron chi connectivity index (χ2n) is 11.0. The van der Waals surface area contributed by atoms with E-state index >= 15 is 4.39 Å². The topological polar surface area (TPSA) is 106 Å². The molecule has 8 nitrogen and oxygen atoms in total. The first-order chi connectivity index (χ1) is 20.6. The van der Waals surface area contributed by atoms with Gasteiger partial charge in [-0.2, -0.15) is 5.26 Å². The quantitative estimate of drug-likeness (QED) is 0.425. The standard InChI is InChI=1S/C31H25F4N5O3/c32-22-6-3-7-23(27(22)33)40(28(42)24-8-9-26(41)39(24)25-14-18(17-36)11-13-37-25)31(12-10-19-4-1-2-5-21(19)31)29(43)38-20-15-30(34,35)16-20/h1-7,11,13-14,20,24H,8-10,12,15-16H2,(H,38,43)/t24-,31+/m0/s1. The maximum atomic E-state index is 15.7. The molecule has 3 amide bonds. The summed E-state index contributed by atoms with van der Waals surface area (Å²) >= 11 is 0. The normalized spacial score (nSPS) is 22.4. The summed E-state index contributed by atoms with van der Waals surface area (Å²) in [5.74, 6) is -7.76. The maximum absolute atomic E-state index is 15.7. The molecule has 1 aliphatic heterocycles. The van der Waals surface area contributed by atoms with Gasteiger partial charge in [0.1, 0.15) is 11.9 Å². The van der Waals surface area contributed by atoms with Crippen LogP contribution >= 0.6 is 0 Å². The van der Waals surface area contributed by atoms with Crippen LogP contribution in [0.25, 0.3) is 0 Å². The highest BCUT2D eigenvalue weighted by molar-refractivity contribution is 6.12. The number of fused-ring (bicyclic) bond motifs is 1. The number of carbonyl (C=O) groups excluding carboxylic acids is 3. The second-order valence-corrected chi connectivity index (χ2v) is 11.0. The Morgan fingerprint density at radius 1 is 1.07 bits per heavy atom. The van der Waals surface area contributed by atoms with Gasteiger partial charge in [0.2, 0.25) is 5.91 Å². The summed E-state index contributed by atoms with van der Waals surface area (Å²) in [7, 11) is 0. The minimum atomic E-state index is -2.95. The third kappa shape index (κ3) is 4.69. The molecule has 2 atom stereocenters. The average molecular weight is 592 g/mol. The van der Waals surface area contributed by atoms with Crippen molar-refractivity contribution < 1.29 is 31.9 Å². The Morgan fingerprint density at radius 2 is 1.84 bits per heavy atom. The SMILES string of the molecule is N#Cc1ccnc(N2C(=O)CC[C@H]2C(=O)N(c2cccc(F)c2F)[C@]2(C(=O)NC3CC(F)(F)C3)CCc3ccccc32)c1. The van der Waals surface area contributed by atoms with E-state index in [1.807, 2.05) is 6.07 Å². The van der Waals surface area contributed by atoms with E-state index in [0.29, 0.717) is 11.1 Å². The summed E-state index contributed by atoms with van der Waals surface area (Å²) in [5, 5.41) is 12.0. The molecule has 2 aliphatic carbocycles. The molecular weight excluding hydrogens is 566 g/mol. The smallest absolute Gasteiger partial charge is 0.252 e. The zero-order chi connectivity index (χ0) is 30.5. The van der Waals surface area contributed by atoms with Crippen LogP contribution in [0.3, 0.4) is 0 Å². The summed E-state index contributed by atoms with van der Waals surface area (Å²) in [6.07, 6.45) is 0.242. The molecule has 3 aliphatic rings. The van der Waals surface area contributed by atoms with Crippen molar-refractivity contribution in [1.29, 1.82) is 5.26 Å². The Kier molecular flexibility index (Phi) is 6.91. The highest BCUT2D eigenvalue weighted by Gasteiger charge is 2.57. The van der Waals surface area contributed by atoms with Crippen molar-refractivity contribution in [2.24, 2.45) is 0 Å². The van der Waals surface area contributed by atoms with Crippen molar-refractivity contribution >= 4 is 29.2 Å². The summed E-state index contributed by atoms with van der Waals surface area (Å²) in [5.41, 5.74) is -1.28. The van der Waals surface area contributed by atoms with Gasteiger partial charge in [0, 0.05) is 31.5 Å². The average Bonchev–Trinajstić information content (AvgIpc) is 3.56. The molecule has 0 spiro atoms. The first kappa shape index (κ1) is 28.3. The van der Waals surface area contributed by atoms with E-state index < -0.39 is 71.4 Å². The van der Waals surface area contributed by atoms with Crippen LogP contribution in [0.1, 0.15) is 48.8 Å². The van der Waals surface area contributed by atoms with Crippen LogP contribution in [0.4, 0.5) is 29.1 Å². The highest BCUT2D eigenvalue weighted by atomic mass is 19.3. The number of rotatable bonds is 6. The fourth-order valence-electron chi connectivity index (χ4n) is 6.38. The zero-order valence-electron chi connectivity index (χ0n) is 22.7. The van der Waals surface area contributed by atoms with E-state index in [1.54, 1.807) is 24.3 Å². The van der Waals surface area contributed by atoms with Crippen LogP contribution in [-0.4, -0.2) is 40.7 Å². The lowest BCUT2D eigenvalue weighted by atomic mass is 9.83. The van der Waals surface area contributed by atoms with E-state index in [0.717, 1.165) is 15.9 Å². The van der Waals surface area contributed by atoms with Gasteiger partial charge in [-0.3, -0.25) is 24.2 Å². The lowest BCUT2D eigenvalue weighted by Crippen LogP contribution is -2.64. The van der Waals surface area contributed by atoms with Gasteiger partial charge in [-0.1, -0.05) is 30.3 Å². The largest absolute Gasteiger partial charge is 0.351 e. The molecule has 3 aromatic rings. The number of nitrogens with one attached hydrogen (secondary N) is 1. The van der Waals surface area contributed by atoms with Crippen LogP contribution in [0, 0.1) is 23.0 Å². The van der Waals surface area contributed by atoms with Crippen molar-refractivity contribution in [3.05, 3.63) is 89.1 Å². The molecule has 1 aromatic heterocycles. The minimum Gasteiger partial charge on any atom is -0.351 e. The first-order valence-corrected chi connectivity index (χ1v) is 13.8. The number of hydrogen-bond donors (Lipinski definition) is 1. The Labute approximate surface area is 243 Å². The molecular formula is C31H25F4N5O3. The Bertz CT molecular complexity index is 1680. The zero-order valence-corrected chi connectivity index (χ0v) is 22.7. The van der Waals surface area contributed by atoms with Gasteiger partial charge in [-0.05, 0) is 54.7 Å². The van der Waals surface area contributed by atoms with Crippen molar-refractivity contribution in [2.45, 2.75) is 62.1 Å². The molecule has 0 radical (unpaired) electrons. The predicted molar refractivity (Wildman–Crippen MR) is 146 cm³/mol. The fourth-order valence-corrected chi connectivity index (χ4v) is 6.38. The molecule has 0 unspecified atom stereocenters. The molecule has 2 fully saturated rings. The van der Waals surface area contributed by atoms with Crippen molar-refractivity contribution in [2.75, 3.05) is 9.80 Å². The highest BCUT2D eigenvalue weighted by Crippen LogP contribution is 2.47. The van der Waals surface area contributed by atoms with Crippen LogP contribution in [0.2, 0.25) is 0 Å². The number of nitrogens with zero attached hydrogens (tertiary/aromatic N) is 4. The van der Waals surface area contributed by atoms with Crippen LogP contribution in [-0.2, 0) is 26.3 Å². The van der Waals surface area contributed by atoms with Crippen molar-refractivity contribution in [3.8, 4) is 6.07 Å². The van der Waals surface area contributed by atoms with E-state index in [-0.39, 0.29) is 37.1 Å². The Hall–Kier alpha value is -4.79. The number of amides is 3. The van der Waals surface area contributed by atoms with Gasteiger partial charge in [-0.15, -0.1) is 0 Å². The van der Waals surface area contributed by atoms with Crippen LogP contribution in [0.15, 0.2) is 60.8 Å². The van der Waals surface area contributed by atoms with E-state index in [1.165, 1.54) is 30.5 Å². The summed E-state index contributed by atoms with van der Waals surface area (Å²) in [6.45, 7) is 0. The number of aryl methyl sites for hydroxylation is 1. The molecule has 1 N–H and O–H groups in total. The summed E-state index contributed by atoms with van der Waals surface area (Å²) < 4.78 is 57.9. The van der Waals surface area contributed by atoms with Crippen LogP contribution in [0.5, 0.6) is 0 Å². The number of anilines is 2. The molecule has 6 rings (SSSR count). The van der Waals surface area contributed by atoms with Gasteiger partial charge in [0.15, 0.2) is 17.2 Å².